The first-order valence-corrected chi connectivity index (χ1v) is 7.71. The minimum atomic E-state index is -1.26. The van der Waals surface area contributed by atoms with E-state index in [4.69, 9.17) is 0 Å². The minimum absolute atomic E-state index is 0.150. The fourth-order valence-electron chi connectivity index (χ4n) is 2.78. The van der Waals surface area contributed by atoms with Crippen molar-refractivity contribution in [3.05, 3.63) is 35.4 Å². The molecule has 116 valence electrons. The number of benzene rings is 1. The van der Waals surface area contributed by atoms with E-state index in [0.717, 1.165) is 18.5 Å². The lowest BCUT2D eigenvalue weighted by Crippen LogP contribution is -2.58. The summed E-state index contributed by atoms with van der Waals surface area (Å²) in [4.78, 5) is 14.4. The number of rotatable bonds is 5. The van der Waals surface area contributed by atoms with Crippen molar-refractivity contribution in [2.75, 3.05) is 13.1 Å². The number of likely N-dealkylation sites (tertiary alicyclic amines) is 1. The van der Waals surface area contributed by atoms with E-state index < -0.39 is 5.60 Å². The highest BCUT2D eigenvalue weighted by atomic mass is 16.3. The van der Waals surface area contributed by atoms with Crippen molar-refractivity contribution in [3.63, 3.8) is 0 Å². The lowest BCUT2D eigenvalue weighted by atomic mass is 9.91. The normalized spacial score (nSPS) is 22.9. The Labute approximate surface area is 127 Å². The number of nitrogens with one attached hydrogen (secondary N) is 1. The molecule has 1 aromatic rings. The van der Waals surface area contributed by atoms with Crippen LogP contribution in [0.5, 0.6) is 0 Å². The molecule has 1 aliphatic rings. The van der Waals surface area contributed by atoms with E-state index >= 15 is 0 Å². The fraction of sp³-hybridized carbons (Fsp3) is 0.588. The van der Waals surface area contributed by atoms with Crippen molar-refractivity contribution in [1.82, 2.24) is 10.2 Å². The van der Waals surface area contributed by atoms with Gasteiger partial charge in [-0.05, 0) is 25.3 Å². The molecule has 0 spiro atoms. The minimum Gasteiger partial charge on any atom is -0.379 e. The molecule has 4 heteroatoms. The second-order valence-corrected chi connectivity index (χ2v) is 6.39. The van der Waals surface area contributed by atoms with Gasteiger partial charge in [0.2, 0.25) is 0 Å². The Balaban J connectivity index is 2.05. The van der Waals surface area contributed by atoms with Crippen LogP contribution in [-0.2, 0) is 11.3 Å². The van der Waals surface area contributed by atoms with Crippen LogP contribution in [0.3, 0.4) is 0 Å². The summed E-state index contributed by atoms with van der Waals surface area (Å²) in [5, 5.41) is 13.8. The van der Waals surface area contributed by atoms with Crippen LogP contribution in [0, 0.1) is 6.92 Å². The van der Waals surface area contributed by atoms with Crippen molar-refractivity contribution in [1.29, 1.82) is 0 Å². The highest BCUT2D eigenvalue weighted by Crippen LogP contribution is 2.24. The maximum absolute atomic E-state index is 12.6. The summed E-state index contributed by atoms with van der Waals surface area (Å²) in [5.74, 6) is -0.150. The maximum Gasteiger partial charge on any atom is 0.256 e. The van der Waals surface area contributed by atoms with Crippen LogP contribution in [0.4, 0.5) is 0 Å². The van der Waals surface area contributed by atoms with Crippen LogP contribution < -0.4 is 5.32 Å². The molecule has 0 aliphatic carbocycles. The number of hydrogen-bond donors (Lipinski definition) is 2. The van der Waals surface area contributed by atoms with Gasteiger partial charge in [-0.25, -0.2) is 0 Å². The highest BCUT2D eigenvalue weighted by Gasteiger charge is 2.41. The second-order valence-electron chi connectivity index (χ2n) is 6.39. The smallest absolute Gasteiger partial charge is 0.256 e. The summed E-state index contributed by atoms with van der Waals surface area (Å²) in [6, 6.07) is 8.43. The van der Waals surface area contributed by atoms with E-state index in [1.807, 2.05) is 39.0 Å². The molecule has 1 aromatic carbocycles. The first-order chi connectivity index (χ1) is 9.90. The first kappa shape index (κ1) is 16.0. The molecule has 1 atom stereocenters. The van der Waals surface area contributed by atoms with Gasteiger partial charge in [-0.15, -0.1) is 0 Å². The zero-order chi connectivity index (χ0) is 15.5. The predicted octanol–water partition coefficient (Wildman–Crippen LogP) is 1.85. The average molecular weight is 290 g/mol. The molecule has 1 fully saturated rings. The highest BCUT2D eigenvalue weighted by molar-refractivity contribution is 5.86. The number of aryl methyl sites for hydroxylation is 1. The lowest BCUT2D eigenvalue weighted by molar-refractivity contribution is -0.157. The number of aliphatic hydroxyl groups is 1. The molecule has 0 bridgehead atoms. The molecular weight excluding hydrogens is 264 g/mol. The van der Waals surface area contributed by atoms with Crippen molar-refractivity contribution in [2.24, 2.45) is 0 Å². The van der Waals surface area contributed by atoms with Crippen molar-refractivity contribution >= 4 is 5.91 Å². The third kappa shape index (κ3) is 4.05. The number of nitrogens with zero attached hydrogens (tertiary/aromatic N) is 1. The predicted molar refractivity (Wildman–Crippen MR) is 83.9 cm³/mol. The van der Waals surface area contributed by atoms with Gasteiger partial charge in [-0.2, -0.15) is 0 Å². The largest absolute Gasteiger partial charge is 0.379 e. The van der Waals surface area contributed by atoms with Gasteiger partial charge in [-0.1, -0.05) is 43.7 Å². The zero-order valence-electron chi connectivity index (χ0n) is 13.2. The zero-order valence-corrected chi connectivity index (χ0v) is 13.2. The Morgan fingerprint density at radius 2 is 2.19 bits per heavy atom. The van der Waals surface area contributed by atoms with E-state index in [-0.39, 0.29) is 11.9 Å². The second kappa shape index (κ2) is 6.58. The first-order valence-electron chi connectivity index (χ1n) is 7.71. The van der Waals surface area contributed by atoms with Gasteiger partial charge < -0.3 is 15.3 Å². The molecule has 0 saturated carbocycles. The number of hydrogen-bond acceptors (Lipinski definition) is 3. The van der Waals surface area contributed by atoms with Gasteiger partial charge >= 0.3 is 0 Å². The summed E-state index contributed by atoms with van der Waals surface area (Å²) < 4.78 is 0. The third-order valence-corrected chi connectivity index (χ3v) is 3.96. The van der Waals surface area contributed by atoms with Gasteiger partial charge in [0, 0.05) is 25.7 Å². The van der Waals surface area contributed by atoms with Gasteiger partial charge in [0.15, 0.2) is 5.60 Å². The van der Waals surface area contributed by atoms with Crippen LogP contribution in [0.2, 0.25) is 0 Å². The van der Waals surface area contributed by atoms with Gasteiger partial charge in [0.05, 0.1) is 0 Å². The Morgan fingerprint density at radius 3 is 2.86 bits per heavy atom. The number of carbonyl (C=O) groups excluding carboxylic acids is 1. The summed E-state index contributed by atoms with van der Waals surface area (Å²) in [6.45, 7) is 7.70. The van der Waals surface area contributed by atoms with Crippen LogP contribution in [0.25, 0.3) is 0 Å². The van der Waals surface area contributed by atoms with Crippen LogP contribution in [-0.4, -0.2) is 40.6 Å². The van der Waals surface area contributed by atoms with Crippen molar-refractivity contribution in [2.45, 2.75) is 51.8 Å². The molecule has 1 amide bonds. The van der Waals surface area contributed by atoms with Gasteiger partial charge in [0.25, 0.3) is 5.91 Å². The van der Waals surface area contributed by atoms with Crippen molar-refractivity contribution < 1.29 is 9.90 Å². The van der Waals surface area contributed by atoms with Crippen molar-refractivity contribution in [3.8, 4) is 0 Å². The molecule has 1 unspecified atom stereocenters. The Hall–Kier alpha value is -1.39. The molecule has 2 rings (SSSR count). The fourth-order valence-corrected chi connectivity index (χ4v) is 2.78. The molecule has 0 aromatic heterocycles. The molecule has 2 N–H and O–H groups in total. The van der Waals surface area contributed by atoms with E-state index in [1.54, 1.807) is 4.90 Å². The summed E-state index contributed by atoms with van der Waals surface area (Å²) in [7, 11) is 0. The summed E-state index contributed by atoms with van der Waals surface area (Å²) in [5.41, 5.74) is 1.05. The van der Waals surface area contributed by atoms with Gasteiger partial charge in [-0.3, -0.25) is 4.79 Å². The van der Waals surface area contributed by atoms with E-state index in [9.17, 15) is 9.90 Å². The summed E-state index contributed by atoms with van der Waals surface area (Å²) in [6.07, 6.45) is 1.38. The quantitative estimate of drug-likeness (QED) is 0.870. The molecule has 4 nitrogen and oxygen atoms in total. The average Bonchev–Trinajstić information content (AvgIpc) is 2.42. The number of piperidine rings is 1. The molecule has 1 saturated heterocycles. The molecule has 1 aliphatic heterocycles. The third-order valence-electron chi connectivity index (χ3n) is 3.96. The molecular formula is C17H26N2O2. The lowest BCUT2D eigenvalue weighted by Gasteiger charge is -2.38. The SMILES string of the molecule is Cc1cccc(CN2CCCC(O)(CNC(C)C)C2=O)c1. The standard InChI is InChI=1S/C17H26N2O2/c1-13(2)18-12-17(21)8-5-9-19(16(17)20)11-15-7-4-6-14(3)10-15/h4,6-7,10,13,18,21H,5,8-9,11-12H2,1-3H3. The topological polar surface area (TPSA) is 52.6 Å². The molecule has 21 heavy (non-hydrogen) atoms. The van der Waals surface area contributed by atoms with Gasteiger partial charge in [0.1, 0.15) is 0 Å². The van der Waals surface area contributed by atoms with Crippen LogP contribution in [0.15, 0.2) is 24.3 Å². The Bertz CT molecular complexity index is 501. The maximum atomic E-state index is 12.6. The van der Waals surface area contributed by atoms with Crippen LogP contribution in [0.1, 0.15) is 37.8 Å². The van der Waals surface area contributed by atoms with E-state index in [2.05, 4.69) is 11.4 Å². The van der Waals surface area contributed by atoms with E-state index in [0.29, 0.717) is 19.5 Å². The van der Waals surface area contributed by atoms with E-state index in [1.165, 1.54) is 5.56 Å². The monoisotopic (exact) mass is 290 g/mol. The number of amides is 1. The Morgan fingerprint density at radius 1 is 1.43 bits per heavy atom. The number of carbonyl (C=O) groups is 1. The van der Waals surface area contributed by atoms with Crippen LogP contribution >= 0.6 is 0 Å². The molecule has 0 radical (unpaired) electrons. The summed E-state index contributed by atoms with van der Waals surface area (Å²) >= 11 is 0. The Kier molecular flexibility index (Phi) is 5.01. The molecule has 1 heterocycles.